The second-order valence-electron chi connectivity index (χ2n) is 4.33. The van der Waals surface area contributed by atoms with Crippen molar-refractivity contribution in [2.45, 2.75) is 17.9 Å². The molecule has 3 N–H and O–H groups in total. The Morgan fingerprint density at radius 2 is 1.85 bits per heavy atom. The molecule has 1 aromatic carbocycles. The molecule has 20 heavy (non-hydrogen) atoms. The Morgan fingerprint density at radius 1 is 1.20 bits per heavy atom. The summed E-state index contributed by atoms with van der Waals surface area (Å²) in [6.07, 6.45) is 0. The van der Waals surface area contributed by atoms with Crippen LogP contribution in [0.15, 0.2) is 47.4 Å². The third-order valence-electron chi connectivity index (χ3n) is 2.79. The van der Waals surface area contributed by atoms with Crippen LogP contribution in [0.2, 0.25) is 5.15 Å². The van der Waals surface area contributed by atoms with Crippen LogP contribution >= 0.6 is 11.6 Å². The summed E-state index contributed by atoms with van der Waals surface area (Å²) in [4.78, 5) is 4.23. The van der Waals surface area contributed by atoms with E-state index in [-0.39, 0.29) is 10.9 Å². The van der Waals surface area contributed by atoms with Gasteiger partial charge in [-0.05, 0) is 36.8 Å². The lowest BCUT2D eigenvalue weighted by atomic mass is 10.1. The standard InChI is InChI=1S/C13H14ClN3O2S/c1-9(16-13-4-2-3-12(14)17-13)10-5-7-11(8-6-10)20(15,18)19/h2-9H,1H3,(H,16,17)(H2,15,18,19). The molecular weight excluding hydrogens is 298 g/mol. The van der Waals surface area contributed by atoms with Gasteiger partial charge in [0.2, 0.25) is 10.0 Å². The van der Waals surface area contributed by atoms with Gasteiger partial charge in [0.1, 0.15) is 11.0 Å². The topological polar surface area (TPSA) is 85.1 Å². The predicted octanol–water partition coefficient (Wildman–Crippen LogP) is 2.56. The Hall–Kier alpha value is -1.63. The molecule has 0 aliphatic heterocycles. The Morgan fingerprint density at radius 3 is 2.40 bits per heavy atom. The van der Waals surface area contributed by atoms with Gasteiger partial charge < -0.3 is 5.32 Å². The van der Waals surface area contributed by atoms with Crippen molar-refractivity contribution >= 4 is 27.4 Å². The summed E-state index contributed by atoms with van der Waals surface area (Å²) in [6, 6.07) is 11.6. The van der Waals surface area contributed by atoms with Gasteiger partial charge in [0, 0.05) is 6.04 Å². The molecule has 1 atom stereocenters. The summed E-state index contributed by atoms with van der Waals surface area (Å²) in [5.74, 6) is 0.653. The normalized spacial score (nSPS) is 12.9. The molecule has 0 bridgehead atoms. The molecule has 0 saturated heterocycles. The van der Waals surface area contributed by atoms with E-state index < -0.39 is 10.0 Å². The third kappa shape index (κ3) is 3.69. The molecule has 1 aromatic heterocycles. The highest BCUT2D eigenvalue weighted by Crippen LogP contribution is 2.20. The van der Waals surface area contributed by atoms with Crippen LogP contribution in [0.3, 0.4) is 0 Å². The summed E-state index contributed by atoms with van der Waals surface area (Å²) >= 11 is 5.81. The number of primary sulfonamides is 1. The van der Waals surface area contributed by atoms with Gasteiger partial charge in [-0.25, -0.2) is 18.5 Å². The molecule has 106 valence electrons. The second kappa shape index (κ2) is 5.78. The number of pyridine rings is 1. The molecule has 0 radical (unpaired) electrons. The van der Waals surface area contributed by atoms with Crippen molar-refractivity contribution in [2.75, 3.05) is 5.32 Å². The van der Waals surface area contributed by atoms with Crippen molar-refractivity contribution in [1.29, 1.82) is 0 Å². The fraction of sp³-hybridized carbons (Fsp3) is 0.154. The summed E-state index contributed by atoms with van der Waals surface area (Å²) < 4.78 is 22.4. The molecule has 0 fully saturated rings. The first-order valence-electron chi connectivity index (χ1n) is 5.88. The molecule has 5 nitrogen and oxygen atoms in total. The van der Waals surface area contributed by atoms with Gasteiger partial charge in [-0.15, -0.1) is 0 Å². The maximum Gasteiger partial charge on any atom is 0.238 e. The molecule has 0 aliphatic rings. The average molecular weight is 312 g/mol. The van der Waals surface area contributed by atoms with E-state index in [9.17, 15) is 8.42 Å². The van der Waals surface area contributed by atoms with Crippen LogP contribution in [0, 0.1) is 0 Å². The number of hydrogen-bond donors (Lipinski definition) is 2. The first kappa shape index (κ1) is 14.8. The third-order valence-corrected chi connectivity index (χ3v) is 3.93. The van der Waals surface area contributed by atoms with Gasteiger partial charge >= 0.3 is 0 Å². The minimum absolute atomic E-state index is 0.0458. The molecule has 0 saturated carbocycles. The van der Waals surface area contributed by atoms with Crippen LogP contribution in [0.1, 0.15) is 18.5 Å². The number of nitrogens with one attached hydrogen (secondary N) is 1. The zero-order valence-electron chi connectivity index (χ0n) is 10.7. The van der Waals surface area contributed by atoms with Crippen molar-refractivity contribution in [3.63, 3.8) is 0 Å². The first-order valence-corrected chi connectivity index (χ1v) is 7.80. The van der Waals surface area contributed by atoms with Gasteiger partial charge in [-0.1, -0.05) is 29.8 Å². The van der Waals surface area contributed by atoms with Crippen molar-refractivity contribution in [3.8, 4) is 0 Å². The average Bonchev–Trinajstić information content (AvgIpc) is 2.38. The van der Waals surface area contributed by atoms with E-state index in [2.05, 4.69) is 10.3 Å². The van der Waals surface area contributed by atoms with E-state index in [1.54, 1.807) is 30.3 Å². The summed E-state index contributed by atoms with van der Waals surface area (Å²) in [6.45, 7) is 1.94. The van der Waals surface area contributed by atoms with Crippen LogP contribution in [0.25, 0.3) is 0 Å². The summed E-state index contributed by atoms with van der Waals surface area (Å²) in [5, 5.41) is 8.65. The highest BCUT2D eigenvalue weighted by molar-refractivity contribution is 7.89. The molecule has 7 heteroatoms. The van der Waals surface area contributed by atoms with Crippen molar-refractivity contribution in [2.24, 2.45) is 5.14 Å². The lowest BCUT2D eigenvalue weighted by Crippen LogP contribution is -2.13. The van der Waals surface area contributed by atoms with Crippen molar-refractivity contribution in [3.05, 3.63) is 53.2 Å². The number of anilines is 1. The minimum Gasteiger partial charge on any atom is -0.364 e. The number of nitrogens with two attached hydrogens (primary N) is 1. The van der Waals surface area contributed by atoms with E-state index in [4.69, 9.17) is 16.7 Å². The minimum atomic E-state index is -3.66. The highest BCUT2D eigenvalue weighted by Gasteiger charge is 2.10. The van der Waals surface area contributed by atoms with Gasteiger partial charge in [0.25, 0.3) is 0 Å². The van der Waals surface area contributed by atoms with Crippen LogP contribution in [0.5, 0.6) is 0 Å². The zero-order chi connectivity index (χ0) is 14.8. The maximum absolute atomic E-state index is 11.2. The Balaban J connectivity index is 2.15. The SMILES string of the molecule is CC(Nc1cccc(Cl)n1)c1ccc(S(N)(=O)=O)cc1. The number of hydrogen-bond acceptors (Lipinski definition) is 4. The monoisotopic (exact) mass is 311 g/mol. The fourth-order valence-corrected chi connectivity index (χ4v) is 2.42. The molecule has 1 heterocycles. The first-order chi connectivity index (χ1) is 9.36. The van der Waals surface area contributed by atoms with E-state index in [0.29, 0.717) is 11.0 Å². The Bertz CT molecular complexity index is 702. The molecule has 2 aromatic rings. The molecule has 2 rings (SSSR count). The second-order valence-corrected chi connectivity index (χ2v) is 6.27. The largest absolute Gasteiger partial charge is 0.364 e. The van der Waals surface area contributed by atoms with Crippen LogP contribution < -0.4 is 10.5 Å². The molecular formula is C13H14ClN3O2S. The van der Waals surface area contributed by atoms with E-state index >= 15 is 0 Å². The molecule has 0 amide bonds. The van der Waals surface area contributed by atoms with Crippen molar-refractivity contribution in [1.82, 2.24) is 4.98 Å². The quantitative estimate of drug-likeness (QED) is 0.850. The van der Waals surface area contributed by atoms with E-state index in [1.165, 1.54) is 12.1 Å². The van der Waals surface area contributed by atoms with E-state index in [0.717, 1.165) is 5.56 Å². The predicted molar refractivity (Wildman–Crippen MR) is 79.1 cm³/mol. The fourth-order valence-electron chi connectivity index (χ4n) is 1.74. The number of aromatic nitrogens is 1. The number of rotatable bonds is 4. The highest BCUT2D eigenvalue weighted by atomic mass is 35.5. The number of halogens is 1. The molecule has 0 aliphatic carbocycles. The van der Waals surface area contributed by atoms with Crippen LogP contribution in [-0.4, -0.2) is 13.4 Å². The molecule has 0 spiro atoms. The summed E-state index contributed by atoms with van der Waals surface area (Å²) in [5.41, 5.74) is 0.916. The van der Waals surface area contributed by atoms with Gasteiger partial charge in [0.05, 0.1) is 4.90 Å². The number of nitrogens with zero attached hydrogens (tertiary/aromatic N) is 1. The maximum atomic E-state index is 11.2. The smallest absolute Gasteiger partial charge is 0.238 e. The lowest BCUT2D eigenvalue weighted by molar-refractivity contribution is 0.597. The van der Waals surface area contributed by atoms with Gasteiger partial charge in [-0.2, -0.15) is 0 Å². The zero-order valence-corrected chi connectivity index (χ0v) is 12.3. The molecule has 1 unspecified atom stereocenters. The van der Waals surface area contributed by atoms with Gasteiger partial charge in [0.15, 0.2) is 0 Å². The van der Waals surface area contributed by atoms with Crippen LogP contribution in [0.4, 0.5) is 5.82 Å². The van der Waals surface area contributed by atoms with E-state index in [1.807, 2.05) is 6.92 Å². The Kier molecular flexibility index (Phi) is 4.27. The number of sulfonamides is 1. The van der Waals surface area contributed by atoms with Crippen LogP contribution in [-0.2, 0) is 10.0 Å². The number of benzene rings is 1. The lowest BCUT2D eigenvalue weighted by Gasteiger charge is -2.15. The van der Waals surface area contributed by atoms with Gasteiger partial charge in [-0.3, -0.25) is 0 Å². The van der Waals surface area contributed by atoms with Crippen molar-refractivity contribution < 1.29 is 8.42 Å². The summed E-state index contributed by atoms with van der Waals surface area (Å²) in [7, 11) is -3.66. The Labute approximate surface area is 122 Å².